The van der Waals surface area contributed by atoms with Crippen LogP contribution in [0.5, 0.6) is 5.75 Å². The van der Waals surface area contributed by atoms with Gasteiger partial charge in [0.05, 0.1) is 12.2 Å². The van der Waals surface area contributed by atoms with Gasteiger partial charge in [-0.05, 0) is 24.3 Å². The second-order valence-corrected chi connectivity index (χ2v) is 4.86. The van der Waals surface area contributed by atoms with E-state index in [1.807, 2.05) is 42.5 Å². The summed E-state index contributed by atoms with van der Waals surface area (Å²) < 4.78 is 5.65. The SMILES string of the molecule is NC1=NC(N)(CCOc2ccccc2)Nc2ncccc21. The fraction of sp³-hybridized carbons (Fsp3) is 0.200. The van der Waals surface area contributed by atoms with Gasteiger partial charge in [0.1, 0.15) is 17.4 Å². The van der Waals surface area contributed by atoms with Crippen molar-refractivity contribution in [2.45, 2.75) is 12.2 Å². The van der Waals surface area contributed by atoms with Crippen molar-refractivity contribution in [2.24, 2.45) is 16.5 Å². The van der Waals surface area contributed by atoms with Crippen LogP contribution in [0.15, 0.2) is 53.7 Å². The van der Waals surface area contributed by atoms with Crippen LogP contribution in [0.3, 0.4) is 0 Å². The van der Waals surface area contributed by atoms with E-state index in [0.29, 0.717) is 24.7 Å². The minimum atomic E-state index is -1.000. The molecule has 5 N–H and O–H groups in total. The molecule has 0 spiro atoms. The quantitative estimate of drug-likeness (QED) is 0.785. The number of nitrogens with one attached hydrogen (secondary N) is 1. The van der Waals surface area contributed by atoms with Gasteiger partial charge in [-0.2, -0.15) is 0 Å². The number of fused-ring (bicyclic) bond motifs is 1. The largest absolute Gasteiger partial charge is 0.493 e. The summed E-state index contributed by atoms with van der Waals surface area (Å²) in [5.41, 5.74) is 13.0. The number of anilines is 1. The summed E-state index contributed by atoms with van der Waals surface area (Å²) in [5.74, 6) is 0.832. The topological polar surface area (TPSA) is 98.5 Å². The van der Waals surface area contributed by atoms with Gasteiger partial charge in [0, 0.05) is 12.6 Å². The van der Waals surface area contributed by atoms with Crippen molar-refractivity contribution < 1.29 is 4.74 Å². The molecule has 1 atom stereocenters. The number of nitrogens with two attached hydrogens (primary N) is 2. The van der Waals surface area contributed by atoms with Crippen LogP contribution in [0.4, 0.5) is 5.82 Å². The number of amidine groups is 1. The monoisotopic (exact) mass is 283 g/mol. The maximum atomic E-state index is 6.23. The third kappa shape index (κ3) is 2.95. The Morgan fingerprint density at radius 3 is 2.76 bits per heavy atom. The number of rotatable bonds is 4. The minimum absolute atomic E-state index is 0.388. The Morgan fingerprint density at radius 2 is 1.95 bits per heavy atom. The first-order chi connectivity index (χ1) is 10.2. The first kappa shape index (κ1) is 13.4. The predicted molar refractivity (Wildman–Crippen MR) is 82.1 cm³/mol. The van der Waals surface area contributed by atoms with E-state index in [1.165, 1.54) is 0 Å². The summed E-state index contributed by atoms with van der Waals surface area (Å²) in [6.07, 6.45) is 2.16. The Morgan fingerprint density at radius 1 is 1.14 bits per heavy atom. The molecule has 1 aliphatic heterocycles. The highest BCUT2D eigenvalue weighted by Gasteiger charge is 2.30. The fourth-order valence-corrected chi connectivity index (χ4v) is 2.18. The molecular formula is C15H17N5O. The molecular weight excluding hydrogens is 266 g/mol. The predicted octanol–water partition coefficient (Wildman–Crippen LogP) is 1.29. The molecule has 3 rings (SSSR count). The highest BCUT2D eigenvalue weighted by Crippen LogP contribution is 2.23. The molecule has 21 heavy (non-hydrogen) atoms. The summed E-state index contributed by atoms with van der Waals surface area (Å²) in [6.45, 7) is 0.423. The Labute approximate surface area is 122 Å². The first-order valence-electron chi connectivity index (χ1n) is 6.72. The fourth-order valence-electron chi connectivity index (χ4n) is 2.18. The van der Waals surface area contributed by atoms with Gasteiger partial charge in [-0.25, -0.2) is 9.98 Å². The second-order valence-electron chi connectivity index (χ2n) is 4.86. The van der Waals surface area contributed by atoms with Crippen molar-refractivity contribution in [3.63, 3.8) is 0 Å². The van der Waals surface area contributed by atoms with Crippen LogP contribution in [-0.2, 0) is 0 Å². The molecule has 0 aliphatic carbocycles. The molecule has 1 aromatic heterocycles. The zero-order chi connectivity index (χ0) is 14.7. The van der Waals surface area contributed by atoms with Crippen LogP contribution in [0.2, 0.25) is 0 Å². The minimum Gasteiger partial charge on any atom is -0.493 e. The van der Waals surface area contributed by atoms with E-state index in [-0.39, 0.29) is 0 Å². The summed E-state index contributed by atoms with van der Waals surface area (Å²) in [7, 11) is 0. The molecule has 0 saturated carbocycles. The maximum Gasteiger partial charge on any atom is 0.189 e. The number of aromatic nitrogens is 1. The number of hydrogen-bond donors (Lipinski definition) is 3. The number of hydrogen-bond acceptors (Lipinski definition) is 6. The average molecular weight is 283 g/mol. The van der Waals surface area contributed by atoms with Crippen molar-refractivity contribution >= 4 is 11.7 Å². The first-order valence-corrected chi connectivity index (χ1v) is 6.72. The normalized spacial score (nSPS) is 20.1. The molecule has 0 fully saturated rings. The third-order valence-corrected chi connectivity index (χ3v) is 3.23. The van der Waals surface area contributed by atoms with Crippen LogP contribution in [0, 0.1) is 0 Å². The Kier molecular flexibility index (Phi) is 3.45. The zero-order valence-corrected chi connectivity index (χ0v) is 11.5. The van der Waals surface area contributed by atoms with Crippen LogP contribution in [0.25, 0.3) is 0 Å². The maximum absolute atomic E-state index is 6.23. The van der Waals surface area contributed by atoms with Gasteiger partial charge in [-0.1, -0.05) is 18.2 Å². The molecule has 0 saturated heterocycles. The van der Waals surface area contributed by atoms with Crippen LogP contribution >= 0.6 is 0 Å². The Bertz CT molecular complexity index is 658. The highest BCUT2D eigenvalue weighted by molar-refractivity contribution is 6.03. The van der Waals surface area contributed by atoms with E-state index in [4.69, 9.17) is 16.2 Å². The third-order valence-electron chi connectivity index (χ3n) is 3.23. The van der Waals surface area contributed by atoms with Crippen molar-refractivity contribution in [1.82, 2.24) is 4.98 Å². The number of para-hydroxylation sites is 1. The van der Waals surface area contributed by atoms with E-state index in [1.54, 1.807) is 6.20 Å². The van der Waals surface area contributed by atoms with E-state index in [9.17, 15) is 0 Å². The van der Waals surface area contributed by atoms with Crippen LogP contribution < -0.4 is 21.5 Å². The Balaban J connectivity index is 1.67. The molecule has 2 heterocycles. The van der Waals surface area contributed by atoms with Gasteiger partial charge in [0.2, 0.25) is 0 Å². The highest BCUT2D eigenvalue weighted by atomic mass is 16.5. The van der Waals surface area contributed by atoms with Crippen molar-refractivity contribution in [1.29, 1.82) is 0 Å². The molecule has 108 valence electrons. The van der Waals surface area contributed by atoms with E-state index in [2.05, 4.69) is 15.3 Å². The van der Waals surface area contributed by atoms with E-state index >= 15 is 0 Å². The van der Waals surface area contributed by atoms with Gasteiger partial charge in [0.25, 0.3) is 0 Å². The van der Waals surface area contributed by atoms with Gasteiger partial charge in [-0.3, -0.25) is 5.73 Å². The number of aliphatic imine (C=N–C) groups is 1. The van der Waals surface area contributed by atoms with E-state index in [0.717, 1.165) is 11.3 Å². The van der Waals surface area contributed by atoms with Gasteiger partial charge in [0.15, 0.2) is 5.79 Å². The van der Waals surface area contributed by atoms with E-state index < -0.39 is 5.79 Å². The molecule has 6 nitrogen and oxygen atoms in total. The molecule has 6 heteroatoms. The van der Waals surface area contributed by atoms with Crippen LogP contribution in [0.1, 0.15) is 12.0 Å². The molecule has 1 aromatic carbocycles. The lowest BCUT2D eigenvalue weighted by atomic mass is 10.1. The lowest BCUT2D eigenvalue weighted by molar-refractivity contribution is 0.272. The van der Waals surface area contributed by atoms with Gasteiger partial charge in [-0.15, -0.1) is 0 Å². The van der Waals surface area contributed by atoms with Gasteiger partial charge >= 0.3 is 0 Å². The molecule has 1 aliphatic rings. The van der Waals surface area contributed by atoms with Crippen molar-refractivity contribution in [3.8, 4) is 5.75 Å². The number of ether oxygens (including phenoxy) is 1. The number of nitrogens with zero attached hydrogens (tertiary/aromatic N) is 2. The van der Waals surface area contributed by atoms with Crippen molar-refractivity contribution in [2.75, 3.05) is 11.9 Å². The second kappa shape index (κ2) is 5.41. The molecule has 1 unspecified atom stereocenters. The Hall–Kier alpha value is -2.60. The zero-order valence-electron chi connectivity index (χ0n) is 11.5. The number of pyridine rings is 1. The van der Waals surface area contributed by atoms with Crippen molar-refractivity contribution in [3.05, 3.63) is 54.2 Å². The summed E-state index contributed by atoms with van der Waals surface area (Å²) >= 11 is 0. The summed E-state index contributed by atoms with van der Waals surface area (Å²) in [5, 5.41) is 3.11. The lowest BCUT2D eigenvalue weighted by Crippen LogP contribution is -2.51. The smallest absolute Gasteiger partial charge is 0.189 e. The van der Waals surface area contributed by atoms with Gasteiger partial charge < -0.3 is 15.8 Å². The lowest BCUT2D eigenvalue weighted by Gasteiger charge is -2.31. The van der Waals surface area contributed by atoms with Crippen LogP contribution in [-0.4, -0.2) is 23.2 Å². The standard InChI is InChI=1S/C15H17N5O/c16-13-12-7-4-9-18-14(12)20-15(17,19-13)8-10-21-11-5-2-1-3-6-11/h1-7,9H,8,10,17H2,(H2,16,19)(H,18,20). The molecule has 0 bridgehead atoms. The molecule has 0 amide bonds. The summed E-state index contributed by atoms with van der Waals surface area (Å²) in [6, 6.07) is 13.2. The number of benzene rings is 1. The molecule has 2 aromatic rings. The average Bonchev–Trinajstić information content (AvgIpc) is 2.48. The summed E-state index contributed by atoms with van der Waals surface area (Å²) in [4.78, 5) is 8.57. The molecule has 0 radical (unpaired) electrons.